The largest absolute Gasteiger partial charge is 0.481 e. The molecule has 90 valence electrons. The molecule has 0 radical (unpaired) electrons. The Morgan fingerprint density at radius 1 is 1.50 bits per heavy atom. The summed E-state index contributed by atoms with van der Waals surface area (Å²) in [5.74, 6) is 0.282. The Morgan fingerprint density at radius 3 is 2.62 bits per heavy atom. The maximum absolute atomic E-state index is 9.94. The molecule has 1 heterocycles. The third-order valence-electron chi connectivity index (χ3n) is 2.10. The van der Waals surface area contributed by atoms with Crippen LogP contribution in [-0.2, 0) is 0 Å². The van der Waals surface area contributed by atoms with Crippen LogP contribution in [0, 0.1) is 0 Å². The third kappa shape index (κ3) is 3.63. The number of pyridine rings is 1. The van der Waals surface area contributed by atoms with Gasteiger partial charge >= 0.3 is 0 Å². The molecule has 1 rings (SSSR count). The number of rotatable bonds is 4. The molecule has 0 amide bonds. The highest BCUT2D eigenvalue weighted by atomic mass is 35.5. The molecule has 0 aliphatic heterocycles. The van der Waals surface area contributed by atoms with Crippen molar-refractivity contribution in [3.63, 3.8) is 0 Å². The van der Waals surface area contributed by atoms with Crippen molar-refractivity contribution in [2.45, 2.75) is 32.0 Å². The second-order valence-electron chi connectivity index (χ2n) is 4.26. The summed E-state index contributed by atoms with van der Waals surface area (Å²) >= 11 is 5.71. The minimum absolute atomic E-state index is 0.201. The molecule has 0 fully saturated rings. The van der Waals surface area contributed by atoms with E-state index in [-0.39, 0.29) is 12.3 Å². The molecule has 0 saturated carbocycles. The SMILES string of the molecule is COc1nc(Cl)ccc1C(O)CC(C)(C)O. The molecule has 1 aromatic heterocycles. The van der Waals surface area contributed by atoms with Crippen LogP contribution < -0.4 is 4.74 Å². The molecule has 0 aliphatic carbocycles. The number of aromatic nitrogens is 1. The predicted molar refractivity (Wildman–Crippen MR) is 61.7 cm³/mol. The van der Waals surface area contributed by atoms with Crippen LogP contribution in [0.15, 0.2) is 12.1 Å². The van der Waals surface area contributed by atoms with E-state index in [1.807, 2.05) is 0 Å². The van der Waals surface area contributed by atoms with Gasteiger partial charge in [-0.3, -0.25) is 0 Å². The van der Waals surface area contributed by atoms with Crippen molar-refractivity contribution in [3.8, 4) is 5.88 Å². The number of nitrogens with zero attached hydrogens (tertiary/aromatic N) is 1. The molecule has 0 aliphatic rings. The van der Waals surface area contributed by atoms with Gasteiger partial charge in [-0.15, -0.1) is 0 Å². The fourth-order valence-corrected chi connectivity index (χ4v) is 1.57. The Hall–Kier alpha value is -0.840. The number of ether oxygens (including phenoxy) is 1. The van der Waals surface area contributed by atoms with Crippen molar-refractivity contribution in [2.24, 2.45) is 0 Å². The minimum atomic E-state index is -0.954. The summed E-state index contributed by atoms with van der Waals surface area (Å²) in [7, 11) is 1.46. The first-order chi connectivity index (χ1) is 7.33. The van der Waals surface area contributed by atoms with Crippen molar-refractivity contribution < 1.29 is 14.9 Å². The van der Waals surface area contributed by atoms with Gasteiger partial charge in [0.15, 0.2) is 0 Å². The molecule has 0 aromatic carbocycles. The molecule has 0 bridgehead atoms. The van der Waals surface area contributed by atoms with E-state index in [9.17, 15) is 10.2 Å². The number of methoxy groups -OCH3 is 1. The first-order valence-corrected chi connectivity index (χ1v) is 5.32. The van der Waals surface area contributed by atoms with Crippen LogP contribution >= 0.6 is 11.6 Å². The van der Waals surface area contributed by atoms with Gasteiger partial charge in [0.2, 0.25) is 5.88 Å². The van der Waals surface area contributed by atoms with E-state index in [1.165, 1.54) is 7.11 Å². The minimum Gasteiger partial charge on any atom is -0.481 e. The van der Waals surface area contributed by atoms with Gasteiger partial charge in [-0.05, 0) is 26.0 Å². The van der Waals surface area contributed by atoms with Gasteiger partial charge in [0, 0.05) is 12.0 Å². The van der Waals surface area contributed by atoms with Crippen LogP contribution in [0.25, 0.3) is 0 Å². The Labute approximate surface area is 99.8 Å². The Morgan fingerprint density at radius 2 is 2.12 bits per heavy atom. The lowest BCUT2D eigenvalue weighted by atomic mass is 9.97. The van der Waals surface area contributed by atoms with Crippen LogP contribution in [0.3, 0.4) is 0 Å². The van der Waals surface area contributed by atoms with E-state index in [2.05, 4.69) is 4.98 Å². The maximum Gasteiger partial charge on any atom is 0.220 e. The molecule has 1 unspecified atom stereocenters. The lowest BCUT2D eigenvalue weighted by Crippen LogP contribution is -2.22. The summed E-state index contributed by atoms with van der Waals surface area (Å²) in [6, 6.07) is 3.22. The van der Waals surface area contributed by atoms with E-state index in [0.717, 1.165) is 0 Å². The van der Waals surface area contributed by atoms with Gasteiger partial charge in [-0.2, -0.15) is 0 Å². The zero-order valence-electron chi connectivity index (χ0n) is 9.57. The van der Waals surface area contributed by atoms with Crippen molar-refractivity contribution in [1.82, 2.24) is 4.98 Å². The fraction of sp³-hybridized carbons (Fsp3) is 0.545. The highest BCUT2D eigenvalue weighted by Gasteiger charge is 2.23. The van der Waals surface area contributed by atoms with Crippen LogP contribution in [0.4, 0.5) is 0 Å². The summed E-state index contributed by atoms with van der Waals surface area (Å²) in [5, 5.41) is 19.9. The average Bonchev–Trinajstić information content (AvgIpc) is 2.14. The number of aliphatic hydroxyl groups is 2. The van der Waals surface area contributed by atoms with Crippen LogP contribution in [0.2, 0.25) is 5.15 Å². The zero-order chi connectivity index (χ0) is 12.3. The molecule has 2 N–H and O–H groups in total. The average molecular weight is 246 g/mol. The maximum atomic E-state index is 9.94. The lowest BCUT2D eigenvalue weighted by molar-refractivity contribution is 0.0170. The highest BCUT2D eigenvalue weighted by molar-refractivity contribution is 6.29. The molecule has 16 heavy (non-hydrogen) atoms. The van der Waals surface area contributed by atoms with Crippen LogP contribution in [-0.4, -0.2) is 27.9 Å². The quantitative estimate of drug-likeness (QED) is 0.796. The molecule has 1 aromatic rings. The highest BCUT2D eigenvalue weighted by Crippen LogP contribution is 2.30. The van der Waals surface area contributed by atoms with Gasteiger partial charge in [0.1, 0.15) is 5.15 Å². The number of hydrogen-bond donors (Lipinski definition) is 2. The van der Waals surface area contributed by atoms with E-state index in [4.69, 9.17) is 16.3 Å². The monoisotopic (exact) mass is 245 g/mol. The first kappa shape index (κ1) is 13.2. The van der Waals surface area contributed by atoms with Crippen LogP contribution in [0.1, 0.15) is 31.9 Å². The van der Waals surface area contributed by atoms with E-state index >= 15 is 0 Å². The fourth-order valence-electron chi connectivity index (χ4n) is 1.43. The summed E-state index contributed by atoms with van der Waals surface area (Å²) in [6.07, 6.45) is -0.633. The summed E-state index contributed by atoms with van der Waals surface area (Å²) < 4.78 is 5.02. The predicted octanol–water partition coefficient (Wildman–Crippen LogP) is 1.94. The summed E-state index contributed by atoms with van der Waals surface area (Å²) in [4.78, 5) is 3.94. The number of halogens is 1. The standard InChI is InChI=1S/C11H16ClNO3/c1-11(2,15)6-8(14)7-4-5-9(12)13-10(7)16-3/h4-5,8,14-15H,6H2,1-3H3. The molecule has 1 atom stereocenters. The Bertz CT molecular complexity index is 363. The number of hydrogen-bond acceptors (Lipinski definition) is 4. The molecular formula is C11H16ClNO3. The molecule has 0 spiro atoms. The Balaban J connectivity index is 2.94. The third-order valence-corrected chi connectivity index (χ3v) is 2.31. The second-order valence-corrected chi connectivity index (χ2v) is 4.65. The van der Waals surface area contributed by atoms with E-state index < -0.39 is 11.7 Å². The van der Waals surface area contributed by atoms with Gasteiger partial charge in [0.05, 0.1) is 18.8 Å². The van der Waals surface area contributed by atoms with Gasteiger partial charge in [-0.1, -0.05) is 11.6 Å². The molecule has 0 saturated heterocycles. The van der Waals surface area contributed by atoms with Crippen molar-refractivity contribution in [2.75, 3.05) is 7.11 Å². The van der Waals surface area contributed by atoms with E-state index in [1.54, 1.807) is 26.0 Å². The Kier molecular flexibility index (Phi) is 4.13. The topological polar surface area (TPSA) is 62.6 Å². The number of aliphatic hydroxyl groups excluding tert-OH is 1. The van der Waals surface area contributed by atoms with Gasteiger partial charge in [-0.25, -0.2) is 4.98 Å². The molecular weight excluding hydrogens is 230 g/mol. The van der Waals surface area contributed by atoms with Crippen molar-refractivity contribution >= 4 is 11.6 Å². The molecule has 5 heteroatoms. The van der Waals surface area contributed by atoms with Gasteiger partial charge < -0.3 is 14.9 Å². The smallest absolute Gasteiger partial charge is 0.220 e. The van der Waals surface area contributed by atoms with Crippen molar-refractivity contribution in [3.05, 3.63) is 22.8 Å². The van der Waals surface area contributed by atoms with Crippen LogP contribution in [0.5, 0.6) is 5.88 Å². The van der Waals surface area contributed by atoms with E-state index in [0.29, 0.717) is 10.7 Å². The second kappa shape index (κ2) is 4.99. The molecule has 4 nitrogen and oxygen atoms in total. The van der Waals surface area contributed by atoms with Gasteiger partial charge in [0.25, 0.3) is 0 Å². The summed E-state index contributed by atoms with van der Waals surface area (Å²) in [5.41, 5.74) is -0.432. The first-order valence-electron chi connectivity index (χ1n) is 4.94. The van der Waals surface area contributed by atoms with Crippen molar-refractivity contribution in [1.29, 1.82) is 0 Å². The zero-order valence-corrected chi connectivity index (χ0v) is 10.3. The lowest BCUT2D eigenvalue weighted by Gasteiger charge is -2.22. The normalized spacial score (nSPS) is 13.6. The summed E-state index contributed by atoms with van der Waals surface area (Å²) in [6.45, 7) is 3.26.